The van der Waals surface area contributed by atoms with Crippen LogP contribution in [0.5, 0.6) is 0 Å². The zero-order valence-electron chi connectivity index (χ0n) is 37.4. The lowest BCUT2D eigenvalue weighted by atomic mass is 9.65. The Labute approximate surface area is 396 Å². The fraction of sp³-hybridized carbons (Fsp3) is 0.0149. The second-order valence-corrected chi connectivity index (χ2v) is 18.0. The fourth-order valence-electron chi connectivity index (χ4n) is 11.3. The number of aromatic nitrogens is 1. The van der Waals surface area contributed by atoms with E-state index in [0.29, 0.717) is 0 Å². The fourth-order valence-corrected chi connectivity index (χ4v) is 11.3. The van der Waals surface area contributed by atoms with Gasteiger partial charge in [-0.1, -0.05) is 243 Å². The third kappa shape index (κ3) is 6.32. The molecular weight excluding hydrogens is 819 g/mol. The zero-order valence-corrected chi connectivity index (χ0v) is 37.4. The summed E-state index contributed by atoms with van der Waals surface area (Å²) >= 11 is 0. The van der Waals surface area contributed by atoms with Crippen molar-refractivity contribution in [3.63, 3.8) is 0 Å². The van der Waals surface area contributed by atoms with Crippen molar-refractivity contribution in [2.24, 2.45) is 0 Å². The van der Waals surface area contributed by atoms with Gasteiger partial charge in [-0.15, -0.1) is 0 Å². The quantitative estimate of drug-likeness (QED) is 0.134. The van der Waals surface area contributed by atoms with Crippen LogP contribution in [0.4, 0.5) is 0 Å². The molecule has 0 aliphatic carbocycles. The molecule has 13 rings (SSSR count). The standard InChI is InChI=1S/C67H45N/c1-4-22-51(23-5-1)67(52-24-6-2-7-25-52,53-26-8-3-9-27-53)54-38-34-48(35-39-54)59-40-43-64(61-31-15-14-30-60(59)61)68-65-41-36-49(57-32-16-20-46-18-10-12-28-55(46)57)44-62(65)63-45-50(37-42-66(63)68)58-33-17-21-47-19-11-13-29-56(47)58/h1-45H. The molecular formula is C67H45N. The van der Waals surface area contributed by atoms with Crippen LogP contribution in [-0.4, -0.2) is 4.57 Å². The highest BCUT2D eigenvalue weighted by Gasteiger charge is 2.38. The van der Waals surface area contributed by atoms with Crippen molar-refractivity contribution in [2.45, 2.75) is 5.41 Å². The smallest absolute Gasteiger partial charge is 0.0701 e. The Kier molecular flexibility index (Phi) is 9.47. The third-order valence-corrected chi connectivity index (χ3v) is 14.4. The van der Waals surface area contributed by atoms with E-state index in [1.165, 1.54) is 110 Å². The molecule has 1 nitrogen and oxygen atoms in total. The van der Waals surface area contributed by atoms with Crippen LogP contribution in [0.25, 0.3) is 93.2 Å². The normalized spacial score (nSPS) is 11.8. The largest absolute Gasteiger partial charge is 0.309 e. The van der Waals surface area contributed by atoms with Gasteiger partial charge in [-0.25, -0.2) is 0 Å². The Bertz CT molecular complexity index is 3750. The van der Waals surface area contributed by atoms with E-state index in [9.17, 15) is 0 Å². The summed E-state index contributed by atoms with van der Waals surface area (Å²) in [5.41, 5.74) is 15.2. The molecule has 0 bridgehead atoms. The molecule has 68 heavy (non-hydrogen) atoms. The van der Waals surface area contributed by atoms with Crippen molar-refractivity contribution in [1.82, 2.24) is 4.57 Å². The second kappa shape index (κ2) is 16.3. The van der Waals surface area contributed by atoms with Crippen molar-refractivity contribution in [3.05, 3.63) is 295 Å². The minimum Gasteiger partial charge on any atom is -0.309 e. The predicted molar refractivity (Wildman–Crippen MR) is 288 cm³/mol. The number of benzene rings is 12. The monoisotopic (exact) mass is 863 g/mol. The maximum atomic E-state index is 2.49. The van der Waals surface area contributed by atoms with Gasteiger partial charge in [0.15, 0.2) is 0 Å². The van der Waals surface area contributed by atoms with Gasteiger partial charge in [-0.05, 0) is 113 Å². The number of hydrogen-bond donors (Lipinski definition) is 0. The summed E-state index contributed by atoms with van der Waals surface area (Å²) in [5.74, 6) is 0. The Morgan fingerprint density at radius 1 is 0.235 bits per heavy atom. The molecule has 0 N–H and O–H groups in total. The summed E-state index contributed by atoms with van der Waals surface area (Å²) in [6.45, 7) is 0. The van der Waals surface area contributed by atoms with E-state index in [1.54, 1.807) is 0 Å². The van der Waals surface area contributed by atoms with Crippen LogP contribution >= 0.6 is 0 Å². The summed E-state index contributed by atoms with van der Waals surface area (Å²) in [6.07, 6.45) is 0. The average molecular weight is 864 g/mol. The molecule has 1 heteroatoms. The number of fused-ring (bicyclic) bond motifs is 6. The first-order valence-electron chi connectivity index (χ1n) is 23.6. The third-order valence-electron chi connectivity index (χ3n) is 14.4. The first-order chi connectivity index (χ1) is 33.7. The molecule has 12 aromatic carbocycles. The first-order valence-corrected chi connectivity index (χ1v) is 23.6. The minimum atomic E-state index is -0.508. The van der Waals surface area contributed by atoms with Crippen LogP contribution in [0, 0.1) is 0 Å². The van der Waals surface area contributed by atoms with E-state index in [4.69, 9.17) is 0 Å². The Morgan fingerprint density at radius 2 is 0.618 bits per heavy atom. The molecule has 0 spiro atoms. The molecule has 1 heterocycles. The highest BCUT2D eigenvalue weighted by Crippen LogP contribution is 2.47. The number of nitrogens with zero attached hydrogens (tertiary/aromatic N) is 1. The summed E-state index contributed by atoms with van der Waals surface area (Å²) in [5, 5.41) is 9.89. The lowest BCUT2D eigenvalue weighted by Crippen LogP contribution is -2.30. The van der Waals surface area contributed by atoms with Crippen LogP contribution < -0.4 is 0 Å². The van der Waals surface area contributed by atoms with Crippen LogP contribution in [-0.2, 0) is 5.41 Å². The molecule has 0 amide bonds. The van der Waals surface area contributed by atoms with Gasteiger partial charge in [0.25, 0.3) is 0 Å². The summed E-state index contributed by atoms with van der Waals surface area (Å²) in [6, 6.07) is 101. The first kappa shape index (κ1) is 39.6. The highest BCUT2D eigenvalue weighted by molar-refractivity contribution is 6.15. The lowest BCUT2D eigenvalue weighted by Gasteiger charge is -2.37. The van der Waals surface area contributed by atoms with Gasteiger partial charge in [0.1, 0.15) is 0 Å². The van der Waals surface area contributed by atoms with Crippen molar-refractivity contribution >= 4 is 54.1 Å². The number of rotatable bonds is 8. The molecule has 0 saturated carbocycles. The topological polar surface area (TPSA) is 4.93 Å². The second-order valence-electron chi connectivity index (χ2n) is 18.0. The van der Waals surface area contributed by atoms with Gasteiger partial charge in [-0.3, -0.25) is 0 Å². The average Bonchev–Trinajstić information content (AvgIpc) is 3.74. The number of hydrogen-bond acceptors (Lipinski definition) is 0. The van der Waals surface area contributed by atoms with E-state index >= 15 is 0 Å². The van der Waals surface area contributed by atoms with Crippen molar-refractivity contribution in [3.8, 4) is 39.1 Å². The van der Waals surface area contributed by atoms with E-state index in [-0.39, 0.29) is 0 Å². The molecule has 318 valence electrons. The van der Waals surface area contributed by atoms with E-state index < -0.39 is 5.41 Å². The molecule has 13 aromatic rings. The van der Waals surface area contributed by atoms with Gasteiger partial charge in [-0.2, -0.15) is 0 Å². The molecule has 1 aromatic heterocycles. The van der Waals surface area contributed by atoms with Gasteiger partial charge in [0.2, 0.25) is 0 Å². The Morgan fingerprint density at radius 3 is 1.12 bits per heavy atom. The summed E-state index contributed by atoms with van der Waals surface area (Å²) < 4.78 is 2.49. The molecule has 0 fully saturated rings. The van der Waals surface area contributed by atoms with Gasteiger partial charge < -0.3 is 4.57 Å². The molecule has 0 saturated heterocycles. The van der Waals surface area contributed by atoms with Gasteiger partial charge >= 0.3 is 0 Å². The SMILES string of the molecule is c1ccc(C(c2ccccc2)(c2ccccc2)c2ccc(-c3ccc(-n4c5ccc(-c6cccc7ccccc67)cc5c5cc(-c6cccc7ccccc67)ccc54)c4ccccc34)cc2)cc1. The maximum Gasteiger partial charge on any atom is 0.0701 e. The molecule has 0 aliphatic heterocycles. The molecule has 0 unspecified atom stereocenters. The summed E-state index contributed by atoms with van der Waals surface area (Å²) in [4.78, 5) is 0. The highest BCUT2D eigenvalue weighted by atomic mass is 15.0. The zero-order chi connectivity index (χ0) is 45.0. The lowest BCUT2D eigenvalue weighted by molar-refractivity contribution is 0.745. The van der Waals surface area contributed by atoms with Crippen LogP contribution in [0.1, 0.15) is 22.3 Å². The van der Waals surface area contributed by atoms with Gasteiger partial charge in [0.05, 0.1) is 22.1 Å². The van der Waals surface area contributed by atoms with E-state index in [1.807, 2.05) is 0 Å². The maximum absolute atomic E-state index is 2.49. The van der Waals surface area contributed by atoms with E-state index in [2.05, 4.69) is 278 Å². The Hall–Kier alpha value is -8.78. The van der Waals surface area contributed by atoms with Gasteiger partial charge in [0, 0.05) is 16.2 Å². The van der Waals surface area contributed by atoms with E-state index in [0.717, 1.165) is 5.69 Å². The van der Waals surface area contributed by atoms with Crippen LogP contribution in [0.3, 0.4) is 0 Å². The summed E-state index contributed by atoms with van der Waals surface area (Å²) in [7, 11) is 0. The van der Waals surface area contributed by atoms with Crippen LogP contribution in [0.2, 0.25) is 0 Å². The minimum absolute atomic E-state index is 0.508. The van der Waals surface area contributed by atoms with Crippen molar-refractivity contribution in [2.75, 3.05) is 0 Å². The Balaban J connectivity index is 0.995. The van der Waals surface area contributed by atoms with Crippen molar-refractivity contribution < 1.29 is 0 Å². The van der Waals surface area contributed by atoms with Crippen molar-refractivity contribution in [1.29, 1.82) is 0 Å². The van der Waals surface area contributed by atoms with Crippen LogP contribution in [0.15, 0.2) is 273 Å². The molecule has 0 radical (unpaired) electrons. The molecule has 0 atom stereocenters. The predicted octanol–water partition coefficient (Wildman–Crippen LogP) is 17.6. The molecule has 0 aliphatic rings.